The van der Waals surface area contributed by atoms with Crippen molar-refractivity contribution in [3.05, 3.63) is 29.5 Å². The van der Waals surface area contributed by atoms with Crippen LogP contribution < -0.4 is 10.1 Å². The van der Waals surface area contributed by atoms with E-state index in [1.807, 2.05) is 29.7 Å². The van der Waals surface area contributed by atoms with Gasteiger partial charge >= 0.3 is 0 Å². The molecule has 4 heteroatoms. The Bertz CT molecular complexity index is 613. The van der Waals surface area contributed by atoms with Crippen molar-refractivity contribution in [1.82, 2.24) is 9.88 Å². The molecule has 1 aromatic heterocycles. The number of nitrogens with one attached hydrogen (secondary N) is 1. The molecule has 3 rings (SSSR count). The Hall–Kier alpha value is -1.97. The van der Waals surface area contributed by atoms with Crippen LogP contribution in [0.3, 0.4) is 0 Å². The molecular formula is C13H14N2O2. The number of carbonyl (C=O) groups is 1. The van der Waals surface area contributed by atoms with Gasteiger partial charge in [-0.15, -0.1) is 0 Å². The van der Waals surface area contributed by atoms with Crippen molar-refractivity contribution >= 4 is 16.8 Å². The minimum atomic E-state index is -0.0521. The molecule has 2 aromatic rings. The Morgan fingerprint density at radius 3 is 3.00 bits per heavy atom. The van der Waals surface area contributed by atoms with E-state index in [0.29, 0.717) is 18.0 Å². The van der Waals surface area contributed by atoms with Gasteiger partial charge in [0, 0.05) is 18.5 Å². The number of hydrogen-bond acceptors (Lipinski definition) is 2. The maximum atomic E-state index is 11.9. The summed E-state index contributed by atoms with van der Waals surface area (Å²) < 4.78 is 7.48. The van der Waals surface area contributed by atoms with Gasteiger partial charge in [0.2, 0.25) is 0 Å². The zero-order valence-corrected chi connectivity index (χ0v) is 9.91. The second-order valence-corrected chi connectivity index (χ2v) is 4.26. The lowest BCUT2D eigenvalue weighted by atomic mass is 10.1. The molecule has 0 saturated carbocycles. The molecule has 1 N–H and O–H groups in total. The molecule has 1 aliphatic heterocycles. The maximum Gasteiger partial charge on any atom is 0.271 e. The number of methoxy groups -OCH3 is 1. The highest BCUT2D eigenvalue weighted by atomic mass is 16.5. The van der Waals surface area contributed by atoms with Gasteiger partial charge in [0.15, 0.2) is 11.4 Å². The van der Waals surface area contributed by atoms with Gasteiger partial charge in [-0.2, -0.15) is 0 Å². The number of aryl methyl sites for hydroxylation is 1. The van der Waals surface area contributed by atoms with Crippen LogP contribution in [0.5, 0.6) is 5.75 Å². The Labute approximate surface area is 99.2 Å². The Morgan fingerprint density at radius 2 is 2.24 bits per heavy atom. The van der Waals surface area contributed by atoms with E-state index in [2.05, 4.69) is 5.32 Å². The third-order valence-electron chi connectivity index (χ3n) is 3.29. The highest BCUT2D eigenvalue weighted by molar-refractivity contribution is 6.05. The highest BCUT2D eigenvalue weighted by Crippen LogP contribution is 2.36. The molecule has 0 aliphatic carbocycles. The number of rotatable bonds is 1. The average Bonchev–Trinajstić information content (AvgIpc) is 2.66. The lowest BCUT2D eigenvalue weighted by molar-refractivity contribution is 0.0925. The highest BCUT2D eigenvalue weighted by Gasteiger charge is 2.26. The van der Waals surface area contributed by atoms with E-state index in [1.165, 1.54) is 0 Å². The van der Waals surface area contributed by atoms with E-state index >= 15 is 0 Å². The molecule has 0 fully saturated rings. The van der Waals surface area contributed by atoms with Crippen LogP contribution in [0.1, 0.15) is 16.1 Å². The minimum absolute atomic E-state index is 0.0521. The topological polar surface area (TPSA) is 43.3 Å². The lowest BCUT2D eigenvalue weighted by Crippen LogP contribution is -2.35. The fraction of sp³-hybridized carbons (Fsp3) is 0.308. The van der Waals surface area contributed by atoms with Crippen molar-refractivity contribution < 1.29 is 9.53 Å². The van der Waals surface area contributed by atoms with Gasteiger partial charge in [-0.1, -0.05) is 12.1 Å². The van der Waals surface area contributed by atoms with Gasteiger partial charge in [-0.25, -0.2) is 0 Å². The largest absolute Gasteiger partial charge is 0.494 e. The summed E-state index contributed by atoms with van der Waals surface area (Å²) in [5, 5.41) is 3.90. The molecule has 1 aliphatic rings. The average molecular weight is 230 g/mol. The summed E-state index contributed by atoms with van der Waals surface area (Å²) in [7, 11) is 1.62. The van der Waals surface area contributed by atoms with Crippen LogP contribution in [0.25, 0.3) is 10.9 Å². The summed E-state index contributed by atoms with van der Waals surface area (Å²) in [6.07, 6.45) is 0. The van der Waals surface area contributed by atoms with E-state index in [-0.39, 0.29) is 5.91 Å². The van der Waals surface area contributed by atoms with Crippen LogP contribution in [0.2, 0.25) is 0 Å². The molecule has 0 bridgehead atoms. The zero-order chi connectivity index (χ0) is 12.0. The maximum absolute atomic E-state index is 11.9. The first kappa shape index (κ1) is 10.2. The molecule has 0 spiro atoms. The van der Waals surface area contributed by atoms with Crippen molar-refractivity contribution in [3.63, 3.8) is 0 Å². The second-order valence-electron chi connectivity index (χ2n) is 4.26. The monoisotopic (exact) mass is 230 g/mol. The molecule has 0 atom stereocenters. The van der Waals surface area contributed by atoms with Crippen molar-refractivity contribution in [2.75, 3.05) is 13.7 Å². The number of ether oxygens (including phenoxy) is 1. The van der Waals surface area contributed by atoms with Gasteiger partial charge in [0.1, 0.15) is 0 Å². The van der Waals surface area contributed by atoms with Crippen molar-refractivity contribution in [2.24, 2.45) is 0 Å². The van der Waals surface area contributed by atoms with Crippen LogP contribution in [0.4, 0.5) is 0 Å². The summed E-state index contributed by atoms with van der Waals surface area (Å²) in [6, 6.07) is 6.08. The molecule has 0 radical (unpaired) electrons. The van der Waals surface area contributed by atoms with Gasteiger partial charge in [0.25, 0.3) is 5.91 Å². The van der Waals surface area contributed by atoms with Gasteiger partial charge < -0.3 is 14.6 Å². The smallest absolute Gasteiger partial charge is 0.271 e. The molecule has 1 aromatic carbocycles. The number of hydrogen-bond donors (Lipinski definition) is 1. The quantitative estimate of drug-likeness (QED) is 0.810. The number of carbonyl (C=O) groups excluding carboxylic acids is 1. The molecule has 88 valence electrons. The predicted molar refractivity (Wildman–Crippen MR) is 65.6 cm³/mol. The molecule has 0 saturated heterocycles. The van der Waals surface area contributed by atoms with Crippen molar-refractivity contribution in [1.29, 1.82) is 0 Å². The summed E-state index contributed by atoms with van der Waals surface area (Å²) in [5.41, 5.74) is 2.85. The van der Waals surface area contributed by atoms with Crippen LogP contribution in [0.15, 0.2) is 18.2 Å². The first-order valence-electron chi connectivity index (χ1n) is 5.68. The number of fused-ring (bicyclic) bond motifs is 3. The second kappa shape index (κ2) is 3.52. The summed E-state index contributed by atoms with van der Waals surface area (Å²) in [6.45, 7) is 3.51. The fourth-order valence-corrected chi connectivity index (χ4v) is 2.56. The lowest BCUT2D eigenvalue weighted by Gasteiger charge is -2.17. The molecule has 17 heavy (non-hydrogen) atoms. The van der Waals surface area contributed by atoms with Gasteiger partial charge in [-0.3, -0.25) is 4.79 Å². The van der Waals surface area contributed by atoms with E-state index in [0.717, 1.165) is 23.0 Å². The summed E-state index contributed by atoms with van der Waals surface area (Å²) in [4.78, 5) is 11.9. The van der Waals surface area contributed by atoms with Gasteiger partial charge in [-0.05, 0) is 18.6 Å². The Kier molecular flexibility index (Phi) is 2.11. The first-order chi connectivity index (χ1) is 8.24. The van der Waals surface area contributed by atoms with Crippen LogP contribution in [-0.2, 0) is 6.54 Å². The number of amides is 1. The fourth-order valence-electron chi connectivity index (χ4n) is 2.56. The SMILES string of the molecule is COc1c2n(c3cccc(C)c13)CCNC2=O. The Balaban J connectivity index is 2.47. The molecule has 0 unspecified atom stereocenters. The van der Waals surface area contributed by atoms with E-state index < -0.39 is 0 Å². The number of nitrogens with zero attached hydrogens (tertiary/aromatic N) is 1. The van der Waals surface area contributed by atoms with E-state index in [9.17, 15) is 4.79 Å². The first-order valence-corrected chi connectivity index (χ1v) is 5.68. The van der Waals surface area contributed by atoms with Crippen LogP contribution in [0, 0.1) is 6.92 Å². The predicted octanol–water partition coefficient (Wildman–Crippen LogP) is 1.70. The third kappa shape index (κ3) is 1.27. The van der Waals surface area contributed by atoms with E-state index in [4.69, 9.17) is 4.74 Å². The van der Waals surface area contributed by atoms with Crippen molar-refractivity contribution in [2.45, 2.75) is 13.5 Å². The van der Waals surface area contributed by atoms with Gasteiger partial charge in [0.05, 0.1) is 12.6 Å². The normalized spacial score (nSPS) is 14.6. The minimum Gasteiger partial charge on any atom is -0.494 e. The molecule has 1 amide bonds. The van der Waals surface area contributed by atoms with Crippen LogP contribution >= 0.6 is 0 Å². The van der Waals surface area contributed by atoms with Crippen LogP contribution in [-0.4, -0.2) is 24.1 Å². The Morgan fingerprint density at radius 1 is 1.41 bits per heavy atom. The third-order valence-corrected chi connectivity index (χ3v) is 3.29. The molecule has 4 nitrogen and oxygen atoms in total. The molecule has 2 heterocycles. The summed E-state index contributed by atoms with van der Waals surface area (Å²) >= 11 is 0. The number of aromatic nitrogens is 1. The molecular weight excluding hydrogens is 216 g/mol. The van der Waals surface area contributed by atoms with Crippen molar-refractivity contribution in [3.8, 4) is 5.75 Å². The standard InChI is InChI=1S/C13H14N2O2/c1-8-4-3-5-9-10(8)12(17-2)11-13(16)14-6-7-15(9)11/h3-5H,6-7H2,1-2H3,(H,14,16). The zero-order valence-electron chi connectivity index (χ0n) is 9.91. The van der Waals surface area contributed by atoms with E-state index in [1.54, 1.807) is 7.11 Å². The number of benzene rings is 1. The summed E-state index contributed by atoms with van der Waals surface area (Å²) in [5.74, 6) is 0.638.